The van der Waals surface area contributed by atoms with Gasteiger partial charge in [-0.25, -0.2) is 0 Å². The molecule has 0 fully saturated rings. The maximum atomic E-state index is 8.83. The fourth-order valence-electron chi connectivity index (χ4n) is 1.65. The van der Waals surface area contributed by atoms with Crippen molar-refractivity contribution in [2.24, 2.45) is 10.9 Å². The van der Waals surface area contributed by atoms with Gasteiger partial charge in [-0.15, -0.1) is 0 Å². The van der Waals surface area contributed by atoms with Gasteiger partial charge in [-0.2, -0.15) is 0 Å². The van der Waals surface area contributed by atoms with Crippen LogP contribution in [0.15, 0.2) is 46.0 Å². The minimum atomic E-state index is -0.0375. The number of halogens is 2. The first-order valence-corrected chi connectivity index (χ1v) is 6.90. The molecule has 0 atom stereocenters. The lowest BCUT2D eigenvalue weighted by atomic mass is 10.2. The third kappa shape index (κ3) is 3.23. The van der Waals surface area contributed by atoms with Crippen molar-refractivity contribution in [3.63, 3.8) is 0 Å². The van der Waals surface area contributed by atoms with Crippen molar-refractivity contribution in [2.45, 2.75) is 6.92 Å². The lowest BCUT2D eigenvalue weighted by molar-refractivity contribution is 0.318. The predicted octanol–water partition coefficient (Wildman–Crippen LogP) is 4.30. The SMILES string of the molecule is Cc1ccc(Oc2ccc(Br)cc2/C(N)=N/O)c(Cl)c1. The summed E-state index contributed by atoms with van der Waals surface area (Å²) in [5.41, 5.74) is 7.15. The number of rotatable bonds is 3. The molecule has 2 aromatic carbocycles. The van der Waals surface area contributed by atoms with Crippen molar-refractivity contribution in [3.05, 3.63) is 57.0 Å². The van der Waals surface area contributed by atoms with Crippen molar-refractivity contribution in [1.29, 1.82) is 0 Å². The van der Waals surface area contributed by atoms with E-state index >= 15 is 0 Å². The lowest BCUT2D eigenvalue weighted by Crippen LogP contribution is -2.14. The third-order valence-electron chi connectivity index (χ3n) is 2.63. The molecule has 2 aromatic rings. The molecule has 0 saturated carbocycles. The van der Waals surface area contributed by atoms with Crippen molar-refractivity contribution in [1.82, 2.24) is 0 Å². The molecule has 0 heterocycles. The van der Waals surface area contributed by atoms with Crippen LogP contribution in [0, 0.1) is 6.92 Å². The Hall–Kier alpha value is -1.72. The van der Waals surface area contributed by atoms with E-state index in [0.29, 0.717) is 22.1 Å². The van der Waals surface area contributed by atoms with Crippen LogP contribution in [0.25, 0.3) is 0 Å². The lowest BCUT2D eigenvalue weighted by Gasteiger charge is -2.12. The minimum Gasteiger partial charge on any atom is -0.455 e. The Labute approximate surface area is 129 Å². The number of benzene rings is 2. The predicted molar refractivity (Wildman–Crippen MR) is 82.9 cm³/mol. The third-order valence-corrected chi connectivity index (χ3v) is 3.42. The highest BCUT2D eigenvalue weighted by Gasteiger charge is 2.12. The molecule has 4 nitrogen and oxygen atoms in total. The Morgan fingerprint density at radius 1 is 1.25 bits per heavy atom. The maximum absolute atomic E-state index is 8.83. The monoisotopic (exact) mass is 354 g/mol. The molecule has 0 aliphatic carbocycles. The maximum Gasteiger partial charge on any atom is 0.173 e. The zero-order valence-corrected chi connectivity index (χ0v) is 12.9. The molecule has 3 N–H and O–H groups in total. The highest BCUT2D eigenvalue weighted by atomic mass is 79.9. The summed E-state index contributed by atoms with van der Waals surface area (Å²) in [6.45, 7) is 1.94. The Balaban J connectivity index is 2.43. The molecule has 0 aliphatic rings. The fraction of sp³-hybridized carbons (Fsp3) is 0.0714. The van der Waals surface area contributed by atoms with Gasteiger partial charge in [0.05, 0.1) is 10.6 Å². The molecule has 0 aliphatic heterocycles. The standard InChI is InChI=1S/C14H12BrClN2O2/c1-8-2-4-13(11(16)6-8)20-12-5-3-9(15)7-10(12)14(17)18-19/h2-7,19H,1H3,(H2,17,18). The van der Waals surface area contributed by atoms with E-state index in [1.807, 2.05) is 13.0 Å². The molecule has 2 rings (SSSR count). The van der Waals surface area contributed by atoms with Crippen molar-refractivity contribution in [3.8, 4) is 11.5 Å². The van der Waals surface area contributed by atoms with E-state index in [1.165, 1.54) is 0 Å². The first-order valence-electron chi connectivity index (χ1n) is 5.72. The second-order valence-electron chi connectivity index (χ2n) is 4.16. The summed E-state index contributed by atoms with van der Waals surface area (Å²) >= 11 is 9.46. The van der Waals surface area contributed by atoms with Gasteiger partial charge >= 0.3 is 0 Å². The molecule has 0 unspecified atom stereocenters. The van der Waals surface area contributed by atoms with Crippen LogP contribution in [-0.2, 0) is 0 Å². The number of nitrogens with zero attached hydrogens (tertiary/aromatic N) is 1. The van der Waals surface area contributed by atoms with E-state index in [9.17, 15) is 0 Å². The fourth-order valence-corrected chi connectivity index (χ4v) is 2.29. The highest BCUT2D eigenvalue weighted by Crippen LogP contribution is 2.33. The van der Waals surface area contributed by atoms with E-state index in [1.54, 1.807) is 30.3 Å². The van der Waals surface area contributed by atoms with Gasteiger partial charge in [0, 0.05) is 4.47 Å². The molecule has 20 heavy (non-hydrogen) atoms. The molecule has 0 radical (unpaired) electrons. The number of ether oxygens (including phenoxy) is 1. The van der Waals surface area contributed by atoms with Crippen LogP contribution < -0.4 is 10.5 Å². The summed E-state index contributed by atoms with van der Waals surface area (Å²) in [7, 11) is 0. The second kappa shape index (κ2) is 6.15. The average Bonchev–Trinajstić information content (AvgIpc) is 2.42. The number of hydrogen-bond acceptors (Lipinski definition) is 3. The Bertz CT molecular complexity index is 674. The van der Waals surface area contributed by atoms with Crippen LogP contribution >= 0.6 is 27.5 Å². The van der Waals surface area contributed by atoms with Crippen molar-refractivity contribution < 1.29 is 9.94 Å². The number of aryl methyl sites for hydroxylation is 1. The van der Waals surface area contributed by atoms with Gasteiger partial charge in [-0.05, 0) is 42.8 Å². The summed E-state index contributed by atoms with van der Waals surface area (Å²) in [4.78, 5) is 0. The Kier molecular flexibility index (Phi) is 4.52. The molecule has 0 spiro atoms. The number of hydrogen-bond donors (Lipinski definition) is 2. The molecular formula is C14H12BrClN2O2. The highest BCUT2D eigenvalue weighted by molar-refractivity contribution is 9.10. The summed E-state index contributed by atoms with van der Waals surface area (Å²) in [6, 6.07) is 10.7. The first kappa shape index (κ1) is 14.7. The van der Waals surface area contributed by atoms with Crippen molar-refractivity contribution in [2.75, 3.05) is 0 Å². The van der Waals surface area contributed by atoms with Gasteiger partial charge in [0.1, 0.15) is 11.5 Å². The van der Waals surface area contributed by atoms with Crippen LogP contribution in [0.2, 0.25) is 5.02 Å². The largest absolute Gasteiger partial charge is 0.455 e. The van der Waals surface area contributed by atoms with Crippen LogP contribution in [0.1, 0.15) is 11.1 Å². The average molecular weight is 356 g/mol. The number of amidine groups is 1. The van der Waals surface area contributed by atoms with Crippen LogP contribution in [0.4, 0.5) is 0 Å². The number of oxime groups is 1. The number of nitrogens with two attached hydrogens (primary N) is 1. The molecule has 6 heteroatoms. The van der Waals surface area contributed by atoms with Crippen LogP contribution in [0.5, 0.6) is 11.5 Å². The Morgan fingerprint density at radius 3 is 2.60 bits per heavy atom. The van der Waals surface area contributed by atoms with E-state index in [-0.39, 0.29) is 5.84 Å². The summed E-state index contributed by atoms with van der Waals surface area (Å²) in [5, 5.41) is 12.3. The van der Waals surface area contributed by atoms with Gasteiger partial charge < -0.3 is 15.7 Å². The summed E-state index contributed by atoms with van der Waals surface area (Å²) < 4.78 is 6.54. The molecule has 0 amide bonds. The molecular weight excluding hydrogens is 344 g/mol. The molecule has 0 bridgehead atoms. The van der Waals surface area contributed by atoms with Crippen LogP contribution in [0.3, 0.4) is 0 Å². The summed E-state index contributed by atoms with van der Waals surface area (Å²) in [6.07, 6.45) is 0. The van der Waals surface area contributed by atoms with Gasteiger partial charge in [-0.1, -0.05) is 38.8 Å². The van der Waals surface area contributed by atoms with E-state index < -0.39 is 0 Å². The van der Waals surface area contributed by atoms with Crippen LogP contribution in [-0.4, -0.2) is 11.0 Å². The first-order chi connectivity index (χ1) is 9.51. The molecule has 104 valence electrons. The van der Waals surface area contributed by atoms with Gasteiger partial charge in [0.25, 0.3) is 0 Å². The normalized spacial score (nSPS) is 11.4. The second-order valence-corrected chi connectivity index (χ2v) is 5.48. The van der Waals surface area contributed by atoms with E-state index in [2.05, 4.69) is 21.1 Å². The van der Waals surface area contributed by atoms with Crippen molar-refractivity contribution >= 4 is 33.4 Å². The summed E-state index contributed by atoms with van der Waals surface area (Å²) in [5.74, 6) is 0.922. The van der Waals surface area contributed by atoms with E-state index in [0.717, 1.165) is 10.0 Å². The van der Waals surface area contributed by atoms with E-state index in [4.69, 9.17) is 27.3 Å². The quantitative estimate of drug-likeness (QED) is 0.373. The topological polar surface area (TPSA) is 67.8 Å². The Morgan fingerprint density at radius 2 is 1.95 bits per heavy atom. The molecule has 0 saturated heterocycles. The van der Waals surface area contributed by atoms with Gasteiger partial charge in [0.15, 0.2) is 5.84 Å². The zero-order chi connectivity index (χ0) is 14.7. The zero-order valence-electron chi connectivity index (χ0n) is 10.6. The smallest absolute Gasteiger partial charge is 0.173 e. The van der Waals surface area contributed by atoms with Gasteiger partial charge in [-0.3, -0.25) is 0 Å². The minimum absolute atomic E-state index is 0.0375. The molecule has 0 aromatic heterocycles. The van der Waals surface area contributed by atoms with Gasteiger partial charge in [0.2, 0.25) is 0 Å².